The van der Waals surface area contributed by atoms with Gasteiger partial charge < -0.3 is 14.7 Å². The fourth-order valence-corrected chi connectivity index (χ4v) is 4.81. The van der Waals surface area contributed by atoms with E-state index in [-0.39, 0.29) is 17.8 Å². The Labute approximate surface area is 206 Å². The number of hydrogen-bond acceptors (Lipinski definition) is 4. The zero-order valence-corrected chi connectivity index (χ0v) is 20.4. The topological polar surface area (TPSA) is 43.9 Å². The lowest BCUT2D eigenvalue weighted by molar-refractivity contribution is 0.0773. The van der Waals surface area contributed by atoms with Gasteiger partial charge in [-0.2, -0.15) is 0 Å². The van der Waals surface area contributed by atoms with Crippen molar-refractivity contribution in [3.8, 4) is 0 Å². The van der Waals surface area contributed by atoms with E-state index in [9.17, 15) is 9.59 Å². The van der Waals surface area contributed by atoms with Crippen LogP contribution in [-0.2, 0) is 0 Å². The van der Waals surface area contributed by atoms with Crippen molar-refractivity contribution in [3.63, 3.8) is 0 Å². The third-order valence-electron chi connectivity index (χ3n) is 6.76. The van der Waals surface area contributed by atoms with Gasteiger partial charge in [-0.3, -0.25) is 9.59 Å². The van der Waals surface area contributed by atoms with E-state index >= 15 is 4.39 Å². The van der Waals surface area contributed by atoms with Gasteiger partial charge in [0, 0.05) is 54.7 Å². The quantitative estimate of drug-likeness (QED) is 0.381. The number of anilines is 3. The van der Waals surface area contributed by atoms with Gasteiger partial charge in [-0.15, -0.1) is 0 Å². The van der Waals surface area contributed by atoms with Gasteiger partial charge in [0.25, 0.3) is 5.91 Å². The Hall–Kier alpha value is -3.67. The van der Waals surface area contributed by atoms with Crippen LogP contribution in [0.5, 0.6) is 0 Å². The lowest BCUT2D eigenvalue weighted by Crippen LogP contribution is -2.43. The minimum atomic E-state index is -0.371. The van der Waals surface area contributed by atoms with Crippen LogP contribution in [0.25, 0.3) is 0 Å². The molecule has 35 heavy (non-hydrogen) atoms. The van der Waals surface area contributed by atoms with Crippen LogP contribution in [0.3, 0.4) is 0 Å². The summed E-state index contributed by atoms with van der Waals surface area (Å²) in [5.74, 6) is -0.386. The third kappa shape index (κ3) is 5.37. The summed E-state index contributed by atoms with van der Waals surface area (Å²) in [7, 11) is 0. The number of carbonyl (C=O) groups excluding carboxylic acids is 2. The molecular weight excluding hydrogens is 441 g/mol. The van der Waals surface area contributed by atoms with E-state index in [1.807, 2.05) is 61.2 Å². The van der Waals surface area contributed by atoms with E-state index in [1.54, 1.807) is 11.0 Å². The lowest BCUT2D eigenvalue weighted by Gasteiger charge is -2.41. The number of para-hydroxylation sites is 1. The van der Waals surface area contributed by atoms with Gasteiger partial charge in [0.1, 0.15) is 12.1 Å². The molecule has 1 aliphatic rings. The maximum Gasteiger partial charge on any atom is 0.253 e. The Balaban J connectivity index is 1.64. The molecule has 1 aliphatic heterocycles. The molecule has 0 N–H and O–H groups in total. The number of amides is 1. The van der Waals surface area contributed by atoms with Crippen LogP contribution in [0.15, 0.2) is 72.8 Å². The molecule has 4 rings (SSSR count). The van der Waals surface area contributed by atoms with E-state index in [4.69, 9.17) is 0 Å². The molecular formula is C29H32FN3O2. The highest BCUT2D eigenvalue weighted by Crippen LogP contribution is 2.35. The average molecular weight is 474 g/mol. The molecule has 1 heterocycles. The average Bonchev–Trinajstić information content (AvgIpc) is 2.92. The third-order valence-corrected chi connectivity index (χ3v) is 6.76. The Bertz CT molecular complexity index is 1140. The summed E-state index contributed by atoms with van der Waals surface area (Å²) < 4.78 is 15.1. The minimum Gasteiger partial charge on any atom is -0.371 e. The fraction of sp³-hybridized carbons (Fsp3) is 0.310. The number of hydrogen-bond donors (Lipinski definition) is 0. The second kappa shape index (κ2) is 11.2. The highest BCUT2D eigenvalue weighted by molar-refractivity contribution is 5.94. The van der Waals surface area contributed by atoms with E-state index in [2.05, 4.69) is 17.0 Å². The fourth-order valence-electron chi connectivity index (χ4n) is 4.81. The molecule has 6 heteroatoms. The number of rotatable bonds is 8. The summed E-state index contributed by atoms with van der Waals surface area (Å²) in [6.07, 6.45) is 2.41. The molecule has 1 amide bonds. The standard InChI is InChI=1S/C29H32FN3O2/c1-3-31(4-2)29(35)23-11-13-25(14-12-23)33(28-20-22(21-34)10-15-27(28)30)26-16-18-32(19-17-26)24-8-6-5-7-9-24/h5-15,20-21,26H,3-4,16-19H2,1-2H3. The van der Waals surface area contributed by atoms with Crippen LogP contribution >= 0.6 is 0 Å². The Kier molecular flexibility index (Phi) is 7.80. The predicted octanol–water partition coefficient (Wildman–Crippen LogP) is 5.93. The number of halogens is 1. The number of piperidine rings is 1. The van der Waals surface area contributed by atoms with Gasteiger partial charge in [-0.25, -0.2) is 4.39 Å². The van der Waals surface area contributed by atoms with Crippen molar-refractivity contribution in [2.24, 2.45) is 0 Å². The van der Waals surface area contributed by atoms with Gasteiger partial charge in [0.15, 0.2) is 0 Å². The highest BCUT2D eigenvalue weighted by Gasteiger charge is 2.28. The summed E-state index contributed by atoms with van der Waals surface area (Å²) >= 11 is 0. The smallest absolute Gasteiger partial charge is 0.253 e. The number of carbonyl (C=O) groups is 2. The lowest BCUT2D eigenvalue weighted by atomic mass is 9.99. The first-order valence-corrected chi connectivity index (χ1v) is 12.3. The first-order chi connectivity index (χ1) is 17.0. The van der Waals surface area contributed by atoms with E-state index in [1.165, 1.54) is 17.8 Å². The largest absolute Gasteiger partial charge is 0.371 e. The van der Waals surface area contributed by atoms with Crippen LogP contribution in [0.4, 0.5) is 21.5 Å². The monoisotopic (exact) mass is 473 g/mol. The van der Waals surface area contributed by atoms with Crippen LogP contribution in [0.1, 0.15) is 47.4 Å². The van der Waals surface area contributed by atoms with Crippen molar-refractivity contribution in [1.29, 1.82) is 0 Å². The molecule has 3 aromatic rings. The van der Waals surface area contributed by atoms with Crippen molar-refractivity contribution in [2.45, 2.75) is 32.7 Å². The van der Waals surface area contributed by atoms with Crippen molar-refractivity contribution >= 4 is 29.3 Å². The zero-order chi connectivity index (χ0) is 24.8. The summed E-state index contributed by atoms with van der Waals surface area (Å²) in [6, 6.07) is 22.2. The van der Waals surface area contributed by atoms with Crippen molar-refractivity contribution in [3.05, 3.63) is 89.7 Å². The Morgan fingerprint density at radius 2 is 1.63 bits per heavy atom. The first-order valence-electron chi connectivity index (χ1n) is 12.3. The van der Waals surface area contributed by atoms with Gasteiger partial charge in [0.05, 0.1) is 5.69 Å². The second-order valence-corrected chi connectivity index (χ2v) is 8.78. The zero-order valence-electron chi connectivity index (χ0n) is 20.4. The Morgan fingerprint density at radius 3 is 2.23 bits per heavy atom. The molecule has 0 aromatic heterocycles. The maximum absolute atomic E-state index is 15.1. The van der Waals surface area contributed by atoms with Gasteiger partial charge in [-0.1, -0.05) is 18.2 Å². The number of aldehydes is 1. The molecule has 0 atom stereocenters. The molecule has 182 valence electrons. The molecule has 0 bridgehead atoms. The number of nitrogens with zero attached hydrogens (tertiary/aromatic N) is 3. The maximum atomic E-state index is 15.1. The highest BCUT2D eigenvalue weighted by atomic mass is 19.1. The normalized spacial score (nSPS) is 14.0. The molecule has 0 unspecified atom stereocenters. The molecule has 5 nitrogen and oxygen atoms in total. The summed E-state index contributed by atoms with van der Waals surface area (Å²) in [5, 5.41) is 0. The summed E-state index contributed by atoms with van der Waals surface area (Å²) in [5.41, 5.74) is 3.42. The molecule has 0 spiro atoms. The van der Waals surface area contributed by atoms with Gasteiger partial charge in [-0.05, 0) is 81.3 Å². The van der Waals surface area contributed by atoms with E-state index in [0.717, 1.165) is 37.9 Å². The van der Waals surface area contributed by atoms with Crippen LogP contribution in [-0.4, -0.2) is 49.3 Å². The molecule has 0 radical (unpaired) electrons. The van der Waals surface area contributed by atoms with E-state index < -0.39 is 0 Å². The Morgan fingerprint density at radius 1 is 0.971 bits per heavy atom. The van der Waals surface area contributed by atoms with Gasteiger partial charge >= 0.3 is 0 Å². The molecule has 3 aromatic carbocycles. The van der Waals surface area contributed by atoms with Crippen molar-refractivity contribution in [2.75, 3.05) is 36.0 Å². The van der Waals surface area contributed by atoms with Crippen molar-refractivity contribution in [1.82, 2.24) is 4.90 Å². The van der Waals surface area contributed by atoms with Crippen LogP contribution < -0.4 is 9.80 Å². The SMILES string of the molecule is CCN(CC)C(=O)c1ccc(N(c2cc(C=O)ccc2F)C2CCN(c3ccccc3)CC2)cc1. The van der Waals surface area contributed by atoms with Crippen LogP contribution in [0.2, 0.25) is 0 Å². The summed E-state index contributed by atoms with van der Waals surface area (Å²) in [4.78, 5) is 30.4. The van der Waals surface area contributed by atoms with Crippen LogP contribution in [0, 0.1) is 5.82 Å². The van der Waals surface area contributed by atoms with E-state index in [0.29, 0.717) is 29.9 Å². The molecule has 1 fully saturated rings. The predicted molar refractivity (Wildman–Crippen MR) is 139 cm³/mol. The van der Waals surface area contributed by atoms with Gasteiger partial charge in [0.2, 0.25) is 0 Å². The molecule has 1 saturated heterocycles. The number of benzene rings is 3. The summed E-state index contributed by atoms with van der Waals surface area (Å²) in [6.45, 7) is 6.90. The molecule has 0 aliphatic carbocycles. The molecule has 0 saturated carbocycles. The second-order valence-electron chi connectivity index (χ2n) is 8.78. The minimum absolute atomic E-state index is 0.0154. The first kappa shape index (κ1) is 24.5. The van der Waals surface area contributed by atoms with Crippen molar-refractivity contribution < 1.29 is 14.0 Å².